The maximum atomic E-state index is 12.6. The van der Waals surface area contributed by atoms with Crippen LogP contribution in [0.3, 0.4) is 0 Å². The second-order valence-electron chi connectivity index (χ2n) is 6.05. The van der Waals surface area contributed by atoms with Crippen LogP contribution in [-0.4, -0.2) is 21.0 Å². The van der Waals surface area contributed by atoms with Crippen molar-refractivity contribution in [3.05, 3.63) is 23.8 Å². The first kappa shape index (κ1) is 13.9. The number of nitrogens with one attached hydrogen (secondary N) is 2. The molecule has 1 aromatic rings. The largest absolute Gasteiger partial charge is 0.385 e. The van der Waals surface area contributed by atoms with Crippen molar-refractivity contribution >= 4 is 15.7 Å². The number of hydrogen-bond donors (Lipinski definition) is 2. The van der Waals surface area contributed by atoms with Crippen LogP contribution in [0.1, 0.15) is 38.2 Å². The normalized spacial score (nSPS) is 26.1. The minimum Gasteiger partial charge on any atom is -0.385 e. The van der Waals surface area contributed by atoms with Gasteiger partial charge in [0.05, 0.1) is 4.90 Å². The van der Waals surface area contributed by atoms with E-state index in [-0.39, 0.29) is 6.04 Å². The highest BCUT2D eigenvalue weighted by atomic mass is 32.2. The number of hydrogen-bond acceptors (Lipinski definition) is 3. The van der Waals surface area contributed by atoms with Gasteiger partial charge in [0.25, 0.3) is 0 Å². The topological polar surface area (TPSA) is 58.2 Å². The van der Waals surface area contributed by atoms with Crippen molar-refractivity contribution in [1.29, 1.82) is 0 Å². The molecule has 1 fully saturated rings. The van der Waals surface area contributed by atoms with Crippen LogP contribution in [0.25, 0.3) is 0 Å². The molecule has 2 N–H and O–H groups in total. The maximum Gasteiger partial charge on any atom is 0.241 e. The lowest BCUT2D eigenvalue weighted by atomic mass is 10.0. The number of sulfonamides is 1. The maximum absolute atomic E-state index is 12.6. The van der Waals surface area contributed by atoms with Crippen LogP contribution in [0.15, 0.2) is 23.1 Å². The lowest BCUT2D eigenvalue weighted by molar-refractivity contribution is 0.537. The molecule has 5 heteroatoms. The van der Waals surface area contributed by atoms with Crippen molar-refractivity contribution < 1.29 is 8.42 Å². The fourth-order valence-corrected chi connectivity index (χ4v) is 4.90. The van der Waals surface area contributed by atoms with Crippen molar-refractivity contribution in [2.45, 2.75) is 50.0 Å². The van der Waals surface area contributed by atoms with Gasteiger partial charge in [0.15, 0.2) is 0 Å². The highest BCUT2D eigenvalue weighted by Crippen LogP contribution is 2.30. The summed E-state index contributed by atoms with van der Waals surface area (Å²) in [6.07, 6.45) is 4.84. The second-order valence-corrected chi connectivity index (χ2v) is 7.73. The molecule has 0 radical (unpaired) electrons. The van der Waals surface area contributed by atoms with E-state index < -0.39 is 10.0 Å². The van der Waals surface area contributed by atoms with Gasteiger partial charge in [0.1, 0.15) is 0 Å². The van der Waals surface area contributed by atoms with E-state index in [1.807, 2.05) is 12.1 Å². The summed E-state index contributed by atoms with van der Waals surface area (Å²) in [5.41, 5.74) is 1.91. The molecule has 1 saturated carbocycles. The molecule has 1 aromatic carbocycles. The number of rotatable bonds is 3. The molecule has 3 rings (SSSR count). The number of fused-ring (bicyclic) bond motifs is 1. The van der Waals surface area contributed by atoms with E-state index >= 15 is 0 Å². The third-order valence-corrected chi connectivity index (χ3v) is 5.96. The van der Waals surface area contributed by atoms with Crippen molar-refractivity contribution in [1.82, 2.24) is 4.72 Å². The lowest BCUT2D eigenvalue weighted by Gasteiger charge is -2.22. The zero-order valence-corrected chi connectivity index (χ0v) is 12.7. The molecule has 110 valence electrons. The standard InChI is InChI=1S/C15H22N2O2S/c1-11-7-8-12(10-11)17-20(18,19)15-6-2-5-14-13(15)4-3-9-16-14/h2,5-6,11-12,16-17H,3-4,7-10H2,1H3. The van der Waals surface area contributed by atoms with Crippen LogP contribution in [-0.2, 0) is 16.4 Å². The quantitative estimate of drug-likeness (QED) is 0.900. The minimum atomic E-state index is -3.40. The summed E-state index contributed by atoms with van der Waals surface area (Å²) in [6.45, 7) is 3.10. The van der Waals surface area contributed by atoms with Crippen molar-refractivity contribution in [3.8, 4) is 0 Å². The summed E-state index contributed by atoms with van der Waals surface area (Å²) < 4.78 is 28.2. The number of benzene rings is 1. The van der Waals surface area contributed by atoms with Gasteiger partial charge in [0, 0.05) is 18.3 Å². The van der Waals surface area contributed by atoms with E-state index in [2.05, 4.69) is 17.0 Å². The summed E-state index contributed by atoms with van der Waals surface area (Å²) >= 11 is 0. The Balaban J connectivity index is 1.87. The summed E-state index contributed by atoms with van der Waals surface area (Å²) in [5.74, 6) is 0.619. The Morgan fingerprint density at radius 3 is 2.90 bits per heavy atom. The zero-order chi connectivity index (χ0) is 14.2. The Kier molecular flexibility index (Phi) is 3.73. The molecular weight excluding hydrogens is 272 g/mol. The van der Waals surface area contributed by atoms with Gasteiger partial charge >= 0.3 is 0 Å². The van der Waals surface area contributed by atoms with Gasteiger partial charge in [0.2, 0.25) is 10.0 Å². The van der Waals surface area contributed by atoms with Crippen molar-refractivity contribution in [2.75, 3.05) is 11.9 Å². The van der Waals surface area contributed by atoms with Gasteiger partial charge < -0.3 is 5.32 Å². The van der Waals surface area contributed by atoms with Gasteiger partial charge in [-0.05, 0) is 55.7 Å². The van der Waals surface area contributed by atoms with E-state index in [1.54, 1.807) is 6.07 Å². The second kappa shape index (κ2) is 5.37. The van der Waals surface area contributed by atoms with Crippen LogP contribution < -0.4 is 10.0 Å². The molecule has 0 spiro atoms. The minimum absolute atomic E-state index is 0.0994. The first-order valence-corrected chi connectivity index (χ1v) is 8.92. The third kappa shape index (κ3) is 2.69. The number of anilines is 1. The van der Waals surface area contributed by atoms with Crippen LogP contribution in [0, 0.1) is 5.92 Å². The molecular formula is C15H22N2O2S. The molecule has 1 aliphatic heterocycles. The van der Waals surface area contributed by atoms with E-state index in [0.29, 0.717) is 10.8 Å². The van der Waals surface area contributed by atoms with Crippen LogP contribution in [0.4, 0.5) is 5.69 Å². The smallest absolute Gasteiger partial charge is 0.241 e. The van der Waals surface area contributed by atoms with Gasteiger partial charge in [-0.3, -0.25) is 0 Å². The van der Waals surface area contributed by atoms with Gasteiger partial charge in [-0.25, -0.2) is 13.1 Å². The Labute approximate surface area is 121 Å². The van der Waals surface area contributed by atoms with E-state index in [1.165, 1.54) is 0 Å². The first-order valence-electron chi connectivity index (χ1n) is 7.44. The Hall–Kier alpha value is -1.07. The molecule has 0 bridgehead atoms. The highest BCUT2D eigenvalue weighted by Gasteiger charge is 2.28. The molecule has 20 heavy (non-hydrogen) atoms. The van der Waals surface area contributed by atoms with E-state index in [0.717, 1.165) is 49.9 Å². The van der Waals surface area contributed by atoms with Gasteiger partial charge in [-0.2, -0.15) is 0 Å². The summed E-state index contributed by atoms with van der Waals surface area (Å²) in [7, 11) is -3.40. The van der Waals surface area contributed by atoms with Gasteiger partial charge in [-0.15, -0.1) is 0 Å². The average Bonchev–Trinajstić information content (AvgIpc) is 2.82. The molecule has 4 nitrogen and oxygen atoms in total. The fourth-order valence-electron chi connectivity index (χ4n) is 3.33. The molecule has 0 aromatic heterocycles. The van der Waals surface area contributed by atoms with Crippen molar-refractivity contribution in [2.24, 2.45) is 5.92 Å². The average molecular weight is 294 g/mol. The molecule has 2 aliphatic rings. The Morgan fingerprint density at radius 2 is 2.15 bits per heavy atom. The highest BCUT2D eigenvalue weighted by molar-refractivity contribution is 7.89. The van der Waals surface area contributed by atoms with E-state index in [4.69, 9.17) is 0 Å². The molecule has 1 heterocycles. The molecule has 1 aliphatic carbocycles. The predicted molar refractivity (Wildman–Crippen MR) is 80.4 cm³/mol. The Morgan fingerprint density at radius 1 is 1.30 bits per heavy atom. The monoisotopic (exact) mass is 294 g/mol. The zero-order valence-electron chi connectivity index (χ0n) is 11.9. The molecule has 2 unspecified atom stereocenters. The summed E-state index contributed by atoms with van der Waals surface area (Å²) in [4.78, 5) is 0.460. The van der Waals surface area contributed by atoms with Crippen LogP contribution in [0.2, 0.25) is 0 Å². The van der Waals surface area contributed by atoms with Gasteiger partial charge in [-0.1, -0.05) is 13.0 Å². The summed E-state index contributed by atoms with van der Waals surface area (Å²) in [6, 6.07) is 5.61. The fraction of sp³-hybridized carbons (Fsp3) is 0.600. The summed E-state index contributed by atoms with van der Waals surface area (Å²) in [5, 5.41) is 3.28. The van der Waals surface area contributed by atoms with Crippen LogP contribution >= 0.6 is 0 Å². The third-order valence-electron chi connectivity index (χ3n) is 4.36. The molecule has 2 atom stereocenters. The predicted octanol–water partition coefficient (Wildman–Crippen LogP) is 2.51. The van der Waals surface area contributed by atoms with E-state index in [9.17, 15) is 8.42 Å². The SMILES string of the molecule is CC1CCC(NS(=O)(=O)c2cccc3c2CCCN3)C1. The molecule has 0 amide bonds. The molecule has 0 saturated heterocycles. The van der Waals surface area contributed by atoms with Crippen molar-refractivity contribution in [3.63, 3.8) is 0 Å². The van der Waals surface area contributed by atoms with Crippen LogP contribution in [0.5, 0.6) is 0 Å². The Bertz CT molecular complexity index is 598. The lowest BCUT2D eigenvalue weighted by Crippen LogP contribution is -2.34. The first-order chi connectivity index (χ1) is 9.56.